The monoisotopic (exact) mass is 392 g/mol. The van der Waals surface area contributed by atoms with Gasteiger partial charge < -0.3 is 0 Å². The molecule has 1 saturated carbocycles. The summed E-state index contributed by atoms with van der Waals surface area (Å²) in [5.74, 6) is -37.5. The highest BCUT2D eigenvalue weighted by atomic mass is 19.4. The number of hydrogen-bond donors (Lipinski definition) is 0. The van der Waals surface area contributed by atoms with Gasteiger partial charge in [-0.15, -0.1) is 6.58 Å². The van der Waals surface area contributed by atoms with E-state index in [1.54, 1.807) is 0 Å². The highest BCUT2D eigenvalue weighted by Gasteiger charge is 2.87. The Bertz CT molecular complexity index is 497. The van der Waals surface area contributed by atoms with E-state index in [-0.39, 0.29) is 6.42 Å². The van der Waals surface area contributed by atoms with Gasteiger partial charge in [0.1, 0.15) is 0 Å². The zero-order chi connectivity index (χ0) is 20.1. The summed E-state index contributed by atoms with van der Waals surface area (Å²) in [7, 11) is 0. The van der Waals surface area contributed by atoms with Gasteiger partial charge in [-0.3, -0.25) is 0 Å². The molecule has 0 saturated heterocycles. The van der Waals surface area contributed by atoms with Crippen LogP contribution >= 0.6 is 0 Å². The van der Waals surface area contributed by atoms with E-state index in [1.165, 1.54) is 0 Å². The van der Waals surface area contributed by atoms with Crippen LogP contribution in [-0.2, 0) is 0 Å². The first kappa shape index (κ1) is 22.0. The van der Waals surface area contributed by atoms with Crippen molar-refractivity contribution in [3.05, 3.63) is 12.7 Å². The molecule has 0 N–H and O–H groups in total. The second kappa shape index (κ2) is 6.29. The van der Waals surface area contributed by atoms with Crippen molar-refractivity contribution in [2.75, 3.05) is 6.67 Å². The van der Waals surface area contributed by atoms with E-state index >= 15 is 0 Å². The summed E-state index contributed by atoms with van der Waals surface area (Å²) in [4.78, 5) is 0. The van der Waals surface area contributed by atoms with Crippen LogP contribution < -0.4 is 0 Å². The van der Waals surface area contributed by atoms with Gasteiger partial charge >= 0.3 is 29.6 Å². The number of allylic oxidation sites excluding steroid dienone is 1. The summed E-state index contributed by atoms with van der Waals surface area (Å²) < 4.78 is 146. The third-order valence-electron chi connectivity index (χ3n) is 4.55. The topological polar surface area (TPSA) is 0 Å². The lowest BCUT2D eigenvalue weighted by molar-refractivity contribution is -0.409. The van der Waals surface area contributed by atoms with Crippen LogP contribution in [0, 0.1) is 17.8 Å². The molecule has 1 fully saturated rings. The van der Waals surface area contributed by atoms with Crippen LogP contribution in [-0.4, -0.2) is 36.3 Å². The molecule has 0 aromatic heterocycles. The smallest absolute Gasteiger partial charge is 0.244 e. The van der Waals surface area contributed by atoms with Gasteiger partial charge in [-0.2, -0.15) is 43.9 Å². The van der Waals surface area contributed by atoms with Crippen LogP contribution in [0.4, 0.5) is 48.3 Å². The summed E-state index contributed by atoms with van der Waals surface area (Å²) in [5, 5.41) is 0. The fraction of sp³-hybridized carbons (Fsp3) is 0.857. The van der Waals surface area contributed by atoms with Crippen molar-refractivity contribution in [1.82, 2.24) is 0 Å². The van der Waals surface area contributed by atoms with Gasteiger partial charge in [-0.1, -0.05) is 13.0 Å². The average molecular weight is 392 g/mol. The maximum Gasteiger partial charge on any atom is 0.384 e. The largest absolute Gasteiger partial charge is 0.384 e. The molecular weight excluding hydrogens is 377 g/mol. The third kappa shape index (κ3) is 3.01. The van der Waals surface area contributed by atoms with Gasteiger partial charge in [0.05, 0.1) is 0 Å². The van der Waals surface area contributed by atoms with Crippen LogP contribution in [0.15, 0.2) is 12.7 Å². The first-order valence-electron chi connectivity index (χ1n) is 7.08. The van der Waals surface area contributed by atoms with Gasteiger partial charge in [-0.25, -0.2) is 4.39 Å². The van der Waals surface area contributed by atoms with Crippen molar-refractivity contribution in [2.24, 2.45) is 17.8 Å². The van der Waals surface area contributed by atoms with Gasteiger partial charge in [0.15, 0.2) is 6.67 Å². The second-order valence-electron chi connectivity index (χ2n) is 6.24. The average Bonchev–Trinajstić information content (AvgIpc) is 2.88. The van der Waals surface area contributed by atoms with Gasteiger partial charge in [0, 0.05) is 5.92 Å². The summed E-state index contributed by atoms with van der Waals surface area (Å²) in [5.41, 5.74) is 0. The molecule has 0 heterocycles. The van der Waals surface area contributed by atoms with Crippen molar-refractivity contribution in [1.29, 1.82) is 0 Å². The Hall–Kier alpha value is -1.03. The summed E-state index contributed by atoms with van der Waals surface area (Å²) in [6, 6.07) is 0. The summed E-state index contributed by atoms with van der Waals surface area (Å²) in [6.45, 7) is 0.843. The standard InChI is InChI=1S/C14H15F11/c1-3-8-4-7(2)9(5-8)11(18,19)13(22,23)14(24,25)12(20,21)10(16,17)6-15/h3,7-9H,1,4-6H2,2H3. The fourth-order valence-electron chi connectivity index (χ4n) is 2.95. The molecule has 1 aliphatic rings. The second-order valence-corrected chi connectivity index (χ2v) is 6.24. The van der Waals surface area contributed by atoms with Crippen molar-refractivity contribution in [3.8, 4) is 0 Å². The first-order valence-corrected chi connectivity index (χ1v) is 7.08. The molecule has 1 aliphatic carbocycles. The quantitative estimate of drug-likeness (QED) is 0.369. The summed E-state index contributed by atoms with van der Waals surface area (Å²) >= 11 is 0. The van der Waals surface area contributed by atoms with E-state index in [9.17, 15) is 48.3 Å². The molecule has 0 bridgehead atoms. The Balaban J connectivity index is 3.35. The molecule has 3 atom stereocenters. The minimum atomic E-state index is -7.19. The highest BCUT2D eigenvalue weighted by molar-refractivity contribution is 5.11. The van der Waals surface area contributed by atoms with E-state index in [0.717, 1.165) is 13.0 Å². The first-order chi connectivity index (χ1) is 11.0. The molecule has 0 nitrogen and oxygen atoms in total. The third-order valence-corrected chi connectivity index (χ3v) is 4.55. The van der Waals surface area contributed by atoms with E-state index in [0.29, 0.717) is 0 Å². The number of hydrogen-bond acceptors (Lipinski definition) is 0. The Labute approximate surface area is 136 Å². The van der Waals surface area contributed by atoms with Crippen molar-refractivity contribution in [2.45, 2.75) is 49.4 Å². The fourth-order valence-corrected chi connectivity index (χ4v) is 2.95. The Morgan fingerprint density at radius 3 is 1.68 bits per heavy atom. The molecule has 0 amide bonds. The van der Waals surface area contributed by atoms with Crippen molar-refractivity contribution < 1.29 is 48.3 Å². The van der Waals surface area contributed by atoms with E-state index in [1.807, 2.05) is 0 Å². The predicted molar refractivity (Wildman–Crippen MR) is 66.3 cm³/mol. The highest BCUT2D eigenvalue weighted by Crippen LogP contribution is 2.61. The molecule has 25 heavy (non-hydrogen) atoms. The normalized spacial score (nSPS) is 26.8. The Morgan fingerprint density at radius 1 is 0.840 bits per heavy atom. The molecule has 0 aromatic carbocycles. The van der Waals surface area contributed by atoms with Crippen LogP contribution in [0.25, 0.3) is 0 Å². The predicted octanol–water partition coefficient (Wildman–Crippen LogP) is 5.98. The molecule has 11 heteroatoms. The van der Waals surface area contributed by atoms with Crippen LogP contribution in [0.2, 0.25) is 0 Å². The SMILES string of the molecule is C=CC1CC(C)C(C(F)(F)C(F)(F)C(F)(F)C(F)(F)C(F)(F)CF)C1. The van der Waals surface area contributed by atoms with Crippen LogP contribution in [0.3, 0.4) is 0 Å². The minimum absolute atomic E-state index is 0.136. The molecular formula is C14H15F11. The molecule has 0 aliphatic heterocycles. The number of halogens is 11. The van der Waals surface area contributed by atoms with Gasteiger partial charge in [-0.05, 0) is 24.7 Å². The minimum Gasteiger partial charge on any atom is -0.244 e. The Morgan fingerprint density at radius 2 is 1.32 bits per heavy atom. The van der Waals surface area contributed by atoms with Crippen LogP contribution in [0.1, 0.15) is 19.8 Å². The lowest BCUT2D eigenvalue weighted by atomic mass is 9.83. The maximum absolute atomic E-state index is 14.0. The van der Waals surface area contributed by atoms with Crippen molar-refractivity contribution >= 4 is 0 Å². The zero-order valence-corrected chi connectivity index (χ0v) is 12.8. The lowest BCUT2D eigenvalue weighted by Gasteiger charge is -2.41. The number of rotatable bonds is 7. The van der Waals surface area contributed by atoms with Crippen molar-refractivity contribution in [3.63, 3.8) is 0 Å². The van der Waals surface area contributed by atoms with Crippen LogP contribution in [0.5, 0.6) is 0 Å². The molecule has 148 valence electrons. The number of alkyl halides is 11. The van der Waals surface area contributed by atoms with E-state index < -0.39 is 60.5 Å². The summed E-state index contributed by atoms with van der Waals surface area (Å²) in [6.07, 6.45) is 0.228. The lowest BCUT2D eigenvalue weighted by Crippen LogP contribution is -2.69. The van der Waals surface area contributed by atoms with Gasteiger partial charge in [0.25, 0.3) is 0 Å². The zero-order valence-electron chi connectivity index (χ0n) is 12.8. The molecule has 0 aromatic rings. The molecule has 0 spiro atoms. The van der Waals surface area contributed by atoms with E-state index in [2.05, 4.69) is 6.58 Å². The molecule has 1 rings (SSSR count). The van der Waals surface area contributed by atoms with Gasteiger partial charge in [0.2, 0.25) is 0 Å². The maximum atomic E-state index is 14.0. The molecule has 0 radical (unpaired) electrons. The van der Waals surface area contributed by atoms with E-state index in [4.69, 9.17) is 0 Å². The Kier molecular flexibility index (Phi) is 5.54. The molecule has 3 unspecified atom stereocenters.